The minimum absolute atomic E-state index is 0.00406. The first-order valence-electron chi connectivity index (χ1n) is 7.46. The number of nitrogens with one attached hydrogen (secondary N) is 2. The zero-order chi connectivity index (χ0) is 17.6. The lowest BCUT2D eigenvalue weighted by atomic mass is 10.2. The zero-order valence-corrected chi connectivity index (χ0v) is 13.0. The summed E-state index contributed by atoms with van der Waals surface area (Å²) < 4.78 is 18.3. The molecule has 2 aromatic heterocycles. The summed E-state index contributed by atoms with van der Waals surface area (Å²) in [5.41, 5.74) is 0.586. The van der Waals surface area contributed by atoms with Gasteiger partial charge in [0.05, 0.1) is 0 Å². The van der Waals surface area contributed by atoms with E-state index >= 15 is 0 Å². The number of urea groups is 1. The molecule has 3 rings (SSSR count). The number of benzene rings is 1. The zero-order valence-electron chi connectivity index (χ0n) is 13.0. The standard InChI is InChI=1S/C18H14FN3O3/c19-14-5-1-3-12(9-14)10-21-18(24)22-15-6-7-16(25-17(15)23)13-4-2-8-20-11-13/h1-9,11H,10H2,(H2,21,22,24). The first kappa shape index (κ1) is 16.4. The number of hydrogen-bond donors (Lipinski definition) is 2. The van der Waals surface area contributed by atoms with Gasteiger partial charge in [-0.1, -0.05) is 12.1 Å². The van der Waals surface area contributed by atoms with Crippen LogP contribution >= 0.6 is 0 Å². The van der Waals surface area contributed by atoms with E-state index < -0.39 is 11.7 Å². The van der Waals surface area contributed by atoms with Gasteiger partial charge in [0.2, 0.25) is 0 Å². The van der Waals surface area contributed by atoms with Crippen LogP contribution < -0.4 is 16.3 Å². The maximum atomic E-state index is 13.1. The third-order valence-corrected chi connectivity index (χ3v) is 3.36. The van der Waals surface area contributed by atoms with Crippen LogP contribution in [0.1, 0.15) is 5.56 Å². The van der Waals surface area contributed by atoms with Gasteiger partial charge in [-0.15, -0.1) is 0 Å². The van der Waals surface area contributed by atoms with Gasteiger partial charge in [0.1, 0.15) is 17.3 Å². The molecule has 0 fully saturated rings. The number of hydrogen-bond acceptors (Lipinski definition) is 4. The molecule has 0 saturated heterocycles. The van der Waals surface area contributed by atoms with E-state index in [1.165, 1.54) is 18.2 Å². The van der Waals surface area contributed by atoms with Crippen LogP contribution in [-0.4, -0.2) is 11.0 Å². The van der Waals surface area contributed by atoms with Crippen molar-refractivity contribution in [2.24, 2.45) is 0 Å². The van der Waals surface area contributed by atoms with E-state index in [1.807, 2.05) is 0 Å². The smallest absolute Gasteiger partial charge is 0.360 e. The number of pyridine rings is 1. The van der Waals surface area contributed by atoms with Crippen molar-refractivity contribution in [2.45, 2.75) is 6.54 Å². The Hall–Kier alpha value is -3.48. The van der Waals surface area contributed by atoms with Gasteiger partial charge >= 0.3 is 11.7 Å². The Morgan fingerprint density at radius 3 is 2.76 bits per heavy atom. The predicted molar refractivity (Wildman–Crippen MR) is 90.5 cm³/mol. The van der Waals surface area contributed by atoms with Crippen molar-refractivity contribution in [3.8, 4) is 11.3 Å². The van der Waals surface area contributed by atoms with Gasteiger partial charge < -0.3 is 15.1 Å². The number of nitrogens with zero attached hydrogens (tertiary/aromatic N) is 1. The van der Waals surface area contributed by atoms with Gasteiger partial charge in [0.25, 0.3) is 0 Å². The highest BCUT2D eigenvalue weighted by molar-refractivity contribution is 5.88. The highest BCUT2D eigenvalue weighted by Crippen LogP contribution is 2.17. The Balaban J connectivity index is 1.64. The number of halogens is 1. The summed E-state index contributed by atoms with van der Waals surface area (Å²) in [5, 5.41) is 4.95. The molecule has 0 aliphatic carbocycles. The summed E-state index contributed by atoms with van der Waals surface area (Å²) in [7, 11) is 0. The average molecular weight is 339 g/mol. The number of amides is 2. The summed E-state index contributed by atoms with van der Waals surface area (Å²) in [5.74, 6) is -0.0323. The molecule has 3 aromatic rings. The summed E-state index contributed by atoms with van der Waals surface area (Å²) in [6.45, 7) is 0.128. The molecule has 7 heteroatoms. The van der Waals surface area contributed by atoms with Gasteiger partial charge in [-0.2, -0.15) is 0 Å². The molecule has 0 unspecified atom stereocenters. The molecule has 0 atom stereocenters. The van der Waals surface area contributed by atoms with Crippen molar-refractivity contribution in [2.75, 3.05) is 5.32 Å². The van der Waals surface area contributed by atoms with Crippen molar-refractivity contribution in [3.63, 3.8) is 0 Å². The Bertz CT molecular complexity index is 942. The highest BCUT2D eigenvalue weighted by atomic mass is 19.1. The van der Waals surface area contributed by atoms with Crippen LogP contribution in [0.4, 0.5) is 14.9 Å². The molecule has 2 amide bonds. The second-order valence-electron chi connectivity index (χ2n) is 5.18. The topological polar surface area (TPSA) is 84.2 Å². The second kappa shape index (κ2) is 7.39. The normalized spacial score (nSPS) is 10.3. The number of aromatic nitrogens is 1. The Kier molecular flexibility index (Phi) is 4.84. The number of rotatable bonds is 4. The number of anilines is 1. The predicted octanol–water partition coefficient (Wildman–Crippen LogP) is 3.16. The second-order valence-corrected chi connectivity index (χ2v) is 5.18. The largest absolute Gasteiger partial charge is 0.421 e. The molecular weight excluding hydrogens is 325 g/mol. The monoisotopic (exact) mass is 339 g/mol. The van der Waals surface area contributed by atoms with Crippen molar-refractivity contribution in [1.82, 2.24) is 10.3 Å². The van der Waals surface area contributed by atoms with Crippen molar-refractivity contribution >= 4 is 11.7 Å². The molecule has 25 heavy (non-hydrogen) atoms. The van der Waals surface area contributed by atoms with Crippen molar-refractivity contribution < 1.29 is 13.6 Å². The van der Waals surface area contributed by atoms with Crippen LogP contribution in [0.5, 0.6) is 0 Å². The van der Waals surface area contributed by atoms with E-state index in [0.29, 0.717) is 16.9 Å². The van der Waals surface area contributed by atoms with Crippen LogP contribution in [0, 0.1) is 5.82 Å². The lowest BCUT2D eigenvalue weighted by Crippen LogP contribution is -2.30. The van der Waals surface area contributed by atoms with Crippen LogP contribution in [-0.2, 0) is 6.54 Å². The van der Waals surface area contributed by atoms with Crippen molar-refractivity contribution in [1.29, 1.82) is 0 Å². The van der Waals surface area contributed by atoms with Gasteiger partial charge in [-0.05, 0) is 42.0 Å². The highest BCUT2D eigenvalue weighted by Gasteiger charge is 2.09. The Labute approximate surface area is 142 Å². The quantitative estimate of drug-likeness (QED) is 0.765. The molecule has 1 aromatic carbocycles. The minimum atomic E-state index is -0.678. The lowest BCUT2D eigenvalue weighted by molar-refractivity contribution is 0.251. The third-order valence-electron chi connectivity index (χ3n) is 3.36. The van der Waals surface area contributed by atoms with Crippen LogP contribution in [0.15, 0.2) is 70.1 Å². The maximum absolute atomic E-state index is 13.1. The molecule has 0 spiro atoms. The Morgan fingerprint density at radius 2 is 2.04 bits per heavy atom. The third kappa shape index (κ3) is 4.29. The first-order valence-corrected chi connectivity index (χ1v) is 7.46. The molecule has 126 valence electrons. The fraction of sp³-hybridized carbons (Fsp3) is 0.0556. The SMILES string of the molecule is O=C(NCc1cccc(F)c1)Nc1ccc(-c2cccnc2)oc1=O. The van der Waals surface area contributed by atoms with Crippen LogP contribution in [0.3, 0.4) is 0 Å². The molecule has 6 nitrogen and oxygen atoms in total. The molecule has 0 bridgehead atoms. The van der Waals surface area contributed by atoms with Gasteiger partial charge in [-0.3, -0.25) is 4.98 Å². The molecule has 0 radical (unpaired) electrons. The van der Waals surface area contributed by atoms with Gasteiger partial charge in [0.15, 0.2) is 0 Å². The van der Waals surface area contributed by atoms with E-state index in [9.17, 15) is 14.0 Å². The molecule has 0 aliphatic rings. The summed E-state index contributed by atoms with van der Waals surface area (Å²) in [4.78, 5) is 27.8. The minimum Gasteiger partial charge on any atom is -0.421 e. The molecule has 0 aliphatic heterocycles. The number of carbonyl (C=O) groups is 1. The maximum Gasteiger partial charge on any atom is 0.360 e. The van der Waals surface area contributed by atoms with Crippen LogP contribution in [0.2, 0.25) is 0 Å². The van der Waals surface area contributed by atoms with E-state index in [1.54, 1.807) is 42.7 Å². The average Bonchev–Trinajstić information content (AvgIpc) is 2.62. The van der Waals surface area contributed by atoms with E-state index in [-0.39, 0.29) is 18.0 Å². The number of carbonyl (C=O) groups excluding carboxylic acids is 1. The van der Waals surface area contributed by atoms with Crippen molar-refractivity contribution in [3.05, 3.63) is 82.7 Å². The van der Waals surface area contributed by atoms with Crippen LogP contribution in [0.25, 0.3) is 11.3 Å². The molecule has 2 N–H and O–H groups in total. The van der Waals surface area contributed by atoms with E-state index in [0.717, 1.165) is 0 Å². The molecule has 0 saturated carbocycles. The van der Waals surface area contributed by atoms with Gasteiger partial charge in [0, 0.05) is 24.5 Å². The van der Waals surface area contributed by atoms with Gasteiger partial charge in [-0.25, -0.2) is 14.0 Å². The Morgan fingerprint density at radius 1 is 1.16 bits per heavy atom. The first-order chi connectivity index (χ1) is 12.1. The molecular formula is C18H14FN3O3. The summed E-state index contributed by atoms with van der Waals surface area (Å²) >= 11 is 0. The van der Waals surface area contributed by atoms with E-state index in [4.69, 9.17) is 4.42 Å². The fourth-order valence-electron chi connectivity index (χ4n) is 2.17. The molecule has 2 heterocycles. The fourth-order valence-corrected chi connectivity index (χ4v) is 2.17. The summed E-state index contributed by atoms with van der Waals surface area (Å²) in [6.07, 6.45) is 3.18. The summed E-state index contributed by atoms with van der Waals surface area (Å²) in [6, 6.07) is 11.8. The van der Waals surface area contributed by atoms with E-state index in [2.05, 4.69) is 15.6 Å². The lowest BCUT2D eigenvalue weighted by Gasteiger charge is -2.07.